The topological polar surface area (TPSA) is 80.2 Å². The van der Waals surface area contributed by atoms with E-state index in [1.165, 1.54) is 12.1 Å². The largest absolute Gasteiger partial charge is 0.493 e. The Hall–Kier alpha value is -3.02. The molecule has 6 nitrogen and oxygen atoms in total. The summed E-state index contributed by atoms with van der Waals surface area (Å²) in [6.07, 6.45) is 3.48. The fourth-order valence-corrected chi connectivity index (χ4v) is 2.17. The summed E-state index contributed by atoms with van der Waals surface area (Å²) in [5, 5.41) is 13.2. The van der Waals surface area contributed by atoms with Gasteiger partial charge in [-0.3, -0.25) is 5.43 Å². The van der Waals surface area contributed by atoms with Gasteiger partial charge in [-0.1, -0.05) is 19.9 Å². The molecule has 0 atom stereocenters. The van der Waals surface area contributed by atoms with Crippen molar-refractivity contribution >= 4 is 17.9 Å². The number of rotatable bonds is 10. The van der Waals surface area contributed by atoms with Crippen LogP contribution in [0.25, 0.3) is 0 Å². The molecule has 0 unspecified atom stereocenters. The maximum Gasteiger partial charge on any atom is 0.335 e. The van der Waals surface area contributed by atoms with Gasteiger partial charge in [0.05, 0.1) is 30.7 Å². The highest BCUT2D eigenvalue weighted by Gasteiger charge is 2.05. The summed E-state index contributed by atoms with van der Waals surface area (Å²) in [4.78, 5) is 11.0. The van der Waals surface area contributed by atoms with Crippen LogP contribution in [0.3, 0.4) is 0 Å². The number of hydrogen-bond donors (Lipinski definition) is 2. The van der Waals surface area contributed by atoms with Gasteiger partial charge in [0, 0.05) is 11.6 Å². The van der Waals surface area contributed by atoms with Crippen molar-refractivity contribution in [2.24, 2.45) is 5.10 Å². The zero-order valence-corrected chi connectivity index (χ0v) is 15.1. The highest BCUT2D eigenvalue weighted by Crippen LogP contribution is 2.24. The van der Waals surface area contributed by atoms with E-state index in [9.17, 15) is 4.79 Å². The lowest BCUT2D eigenvalue weighted by Gasteiger charge is -2.11. The van der Waals surface area contributed by atoms with Crippen LogP contribution in [0.2, 0.25) is 0 Å². The molecule has 0 saturated carbocycles. The van der Waals surface area contributed by atoms with Crippen molar-refractivity contribution in [2.45, 2.75) is 26.7 Å². The Morgan fingerprint density at radius 2 is 1.88 bits per heavy atom. The van der Waals surface area contributed by atoms with E-state index in [0.717, 1.165) is 24.2 Å². The number of carboxylic acid groups (broad SMARTS) is 1. The van der Waals surface area contributed by atoms with E-state index in [2.05, 4.69) is 17.5 Å². The van der Waals surface area contributed by atoms with Crippen molar-refractivity contribution in [3.63, 3.8) is 0 Å². The normalized spacial score (nSPS) is 10.7. The van der Waals surface area contributed by atoms with Crippen LogP contribution in [-0.2, 0) is 0 Å². The monoisotopic (exact) mass is 356 g/mol. The lowest BCUT2D eigenvalue weighted by molar-refractivity contribution is 0.0697. The molecule has 0 amide bonds. The quantitative estimate of drug-likeness (QED) is 0.487. The van der Waals surface area contributed by atoms with E-state index in [-0.39, 0.29) is 5.56 Å². The SMILES string of the molecule is CCCOc1ccc(/C=N\Nc2cccc(C(=O)O)c2)c(OCCC)c1. The summed E-state index contributed by atoms with van der Waals surface area (Å²) in [5.41, 5.74) is 4.45. The zero-order chi connectivity index (χ0) is 18.8. The van der Waals surface area contributed by atoms with Crippen molar-refractivity contribution in [2.75, 3.05) is 18.6 Å². The fourth-order valence-electron chi connectivity index (χ4n) is 2.17. The van der Waals surface area contributed by atoms with Crippen LogP contribution in [0.5, 0.6) is 11.5 Å². The average Bonchev–Trinajstić information content (AvgIpc) is 2.66. The van der Waals surface area contributed by atoms with E-state index in [1.807, 2.05) is 25.1 Å². The zero-order valence-electron chi connectivity index (χ0n) is 15.1. The molecule has 0 aromatic heterocycles. The molecule has 2 aromatic rings. The Labute approximate surface area is 153 Å². The first-order chi connectivity index (χ1) is 12.6. The summed E-state index contributed by atoms with van der Waals surface area (Å²) in [5.74, 6) is 0.484. The molecule has 2 rings (SSSR count). The third-order valence-corrected chi connectivity index (χ3v) is 3.43. The Kier molecular flexibility index (Phi) is 7.49. The number of hydrogen-bond acceptors (Lipinski definition) is 5. The predicted octanol–water partition coefficient (Wildman–Crippen LogP) is 4.41. The smallest absolute Gasteiger partial charge is 0.335 e. The minimum Gasteiger partial charge on any atom is -0.493 e. The molecule has 2 N–H and O–H groups in total. The Morgan fingerprint density at radius 1 is 1.12 bits per heavy atom. The molecule has 0 bridgehead atoms. The van der Waals surface area contributed by atoms with Gasteiger partial charge in [-0.2, -0.15) is 5.10 Å². The van der Waals surface area contributed by atoms with Crippen LogP contribution in [0.4, 0.5) is 5.69 Å². The molecule has 0 aliphatic carbocycles. The minimum absolute atomic E-state index is 0.203. The third kappa shape index (κ3) is 5.81. The Balaban J connectivity index is 2.12. The van der Waals surface area contributed by atoms with E-state index < -0.39 is 5.97 Å². The highest BCUT2D eigenvalue weighted by atomic mass is 16.5. The highest BCUT2D eigenvalue weighted by molar-refractivity contribution is 5.89. The molecule has 0 aliphatic heterocycles. The molecule has 0 radical (unpaired) electrons. The van der Waals surface area contributed by atoms with Crippen LogP contribution in [0, 0.1) is 0 Å². The molecular formula is C20H24N2O4. The first-order valence-corrected chi connectivity index (χ1v) is 8.66. The number of aromatic carboxylic acids is 1. The Morgan fingerprint density at radius 3 is 2.62 bits per heavy atom. The number of hydrazone groups is 1. The molecular weight excluding hydrogens is 332 g/mol. The lowest BCUT2D eigenvalue weighted by Crippen LogP contribution is -2.02. The summed E-state index contributed by atoms with van der Waals surface area (Å²) >= 11 is 0. The first kappa shape index (κ1) is 19.3. The van der Waals surface area contributed by atoms with Crippen LogP contribution < -0.4 is 14.9 Å². The number of benzene rings is 2. The second-order valence-corrected chi connectivity index (χ2v) is 5.65. The summed E-state index contributed by atoms with van der Waals surface area (Å²) < 4.78 is 11.4. The predicted molar refractivity (Wildman–Crippen MR) is 103 cm³/mol. The maximum absolute atomic E-state index is 11.0. The second-order valence-electron chi connectivity index (χ2n) is 5.65. The number of nitrogens with one attached hydrogen (secondary N) is 1. The summed E-state index contributed by atoms with van der Waals surface area (Å²) in [6, 6.07) is 12.1. The minimum atomic E-state index is -0.976. The van der Waals surface area contributed by atoms with Crippen molar-refractivity contribution in [3.05, 3.63) is 53.6 Å². The van der Waals surface area contributed by atoms with Gasteiger partial charge >= 0.3 is 5.97 Å². The number of anilines is 1. The van der Waals surface area contributed by atoms with Crippen LogP contribution in [0.1, 0.15) is 42.6 Å². The van der Waals surface area contributed by atoms with E-state index >= 15 is 0 Å². The van der Waals surface area contributed by atoms with Gasteiger partial charge in [-0.15, -0.1) is 0 Å². The number of ether oxygens (including phenoxy) is 2. The molecule has 0 aliphatic rings. The number of nitrogens with zero attached hydrogens (tertiary/aromatic N) is 1. The van der Waals surface area contributed by atoms with Gasteiger partial charge in [0.15, 0.2) is 0 Å². The standard InChI is InChI=1S/C20H24N2O4/c1-3-10-25-18-9-8-16(19(13-18)26-11-4-2)14-21-22-17-7-5-6-15(12-17)20(23)24/h5-9,12-14,22H,3-4,10-11H2,1-2H3,(H,23,24)/b21-14-. The molecule has 0 saturated heterocycles. The number of carbonyl (C=O) groups is 1. The molecule has 138 valence electrons. The van der Waals surface area contributed by atoms with E-state index in [0.29, 0.717) is 24.7 Å². The van der Waals surface area contributed by atoms with E-state index in [1.54, 1.807) is 18.3 Å². The first-order valence-electron chi connectivity index (χ1n) is 8.66. The molecule has 0 fully saturated rings. The summed E-state index contributed by atoms with van der Waals surface area (Å²) in [6.45, 7) is 5.36. The number of carboxylic acids is 1. The molecule has 0 heterocycles. The van der Waals surface area contributed by atoms with Crippen LogP contribution in [-0.4, -0.2) is 30.5 Å². The van der Waals surface area contributed by atoms with Gasteiger partial charge in [0.1, 0.15) is 11.5 Å². The molecule has 0 spiro atoms. The van der Waals surface area contributed by atoms with Gasteiger partial charge in [0.2, 0.25) is 0 Å². The van der Waals surface area contributed by atoms with Crippen molar-refractivity contribution < 1.29 is 19.4 Å². The van der Waals surface area contributed by atoms with Crippen LogP contribution in [0.15, 0.2) is 47.6 Å². The van der Waals surface area contributed by atoms with Crippen molar-refractivity contribution in [1.29, 1.82) is 0 Å². The van der Waals surface area contributed by atoms with Gasteiger partial charge in [-0.25, -0.2) is 4.79 Å². The third-order valence-electron chi connectivity index (χ3n) is 3.43. The molecule has 2 aromatic carbocycles. The van der Waals surface area contributed by atoms with Gasteiger partial charge < -0.3 is 14.6 Å². The fraction of sp³-hybridized carbons (Fsp3) is 0.300. The lowest BCUT2D eigenvalue weighted by atomic mass is 10.2. The molecule has 6 heteroatoms. The maximum atomic E-state index is 11.0. The summed E-state index contributed by atoms with van der Waals surface area (Å²) in [7, 11) is 0. The van der Waals surface area contributed by atoms with Crippen LogP contribution >= 0.6 is 0 Å². The van der Waals surface area contributed by atoms with Gasteiger partial charge in [0.25, 0.3) is 0 Å². The van der Waals surface area contributed by atoms with Crippen molar-refractivity contribution in [1.82, 2.24) is 0 Å². The van der Waals surface area contributed by atoms with Gasteiger partial charge in [-0.05, 0) is 43.2 Å². The van der Waals surface area contributed by atoms with Crippen molar-refractivity contribution in [3.8, 4) is 11.5 Å². The second kappa shape index (κ2) is 10.1. The van der Waals surface area contributed by atoms with E-state index in [4.69, 9.17) is 14.6 Å². The Bertz CT molecular complexity index is 759. The average molecular weight is 356 g/mol. The molecule has 26 heavy (non-hydrogen) atoms.